The molecule has 5 nitrogen and oxygen atoms in total. The molecule has 2 amide bonds. The smallest absolute Gasteiger partial charge is 0.225 e. The van der Waals surface area contributed by atoms with Crippen molar-refractivity contribution in [2.24, 2.45) is 17.8 Å². The van der Waals surface area contributed by atoms with Crippen LogP contribution in [0.4, 0.5) is 0 Å². The summed E-state index contributed by atoms with van der Waals surface area (Å²) in [5.41, 5.74) is 2.46. The summed E-state index contributed by atoms with van der Waals surface area (Å²) in [4.78, 5) is 28.4. The zero-order valence-electron chi connectivity index (χ0n) is 17.6. The van der Waals surface area contributed by atoms with Gasteiger partial charge in [0.05, 0.1) is 5.92 Å². The molecule has 0 radical (unpaired) electrons. The van der Waals surface area contributed by atoms with E-state index in [1.165, 1.54) is 25.1 Å². The number of hydrogen-bond acceptors (Lipinski definition) is 3. The zero-order valence-corrected chi connectivity index (χ0v) is 17.6. The Balaban J connectivity index is 1.46. The van der Waals surface area contributed by atoms with E-state index in [1.807, 2.05) is 0 Å². The van der Waals surface area contributed by atoms with Gasteiger partial charge in [-0.1, -0.05) is 38.1 Å². The molecular weight excluding hydrogens is 350 g/mol. The molecule has 0 saturated carbocycles. The third-order valence-electron chi connectivity index (χ3n) is 6.08. The van der Waals surface area contributed by atoms with Gasteiger partial charge in [-0.3, -0.25) is 14.5 Å². The van der Waals surface area contributed by atoms with Crippen LogP contribution < -0.4 is 5.32 Å². The summed E-state index contributed by atoms with van der Waals surface area (Å²) in [5, 5.41) is 3.05. The highest BCUT2D eigenvalue weighted by molar-refractivity contribution is 5.80. The van der Waals surface area contributed by atoms with Gasteiger partial charge in [0.2, 0.25) is 11.8 Å². The van der Waals surface area contributed by atoms with Gasteiger partial charge in [-0.25, -0.2) is 0 Å². The van der Waals surface area contributed by atoms with Crippen LogP contribution in [0, 0.1) is 17.8 Å². The van der Waals surface area contributed by atoms with Crippen LogP contribution in [0.25, 0.3) is 0 Å². The zero-order chi connectivity index (χ0) is 20.1. The number of hydrogen-bond donors (Lipinski definition) is 1. The number of nitrogens with zero attached hydrogens (tertiary/aromatic N) is 2. The lowest BCUT2D eigenvalue weighted by atomic mass is 9.91. The van der Waals surface area contributed by atoms with E-state index in [4.69, 9.17) is 0 Å². The summed E-state index contributed by atoms with van der Waals surface area (Å²) in [7, 11) is 0. The molecule has 0 bridgehead atoms. The third kappa shape index (κ3) is 5.81. The molecule has 0 unspecified atom stereocenters. The van der Waals surface area contributed by atoms with Crippen LogP contribution in [0.15, 0.2) is 24.3 Å². The van der Waals surface area contributed by atoms with Crippen molar-refractivity contribution in [3.63, 3.8) is 0 Å². The molecule has 2 aliphatic heterocycles. The van der Waals surface area contributed by atoms with Crippen molar-refractivity contribution >= 4 is 11.8 Å². The Morgan fingerprint density at radius 2 is 1.68 bits per heavy atom. The maximum absolute atomic E-state index is 12.5. The summed E-state index contributed by atoms with van der Waals surface area (Å²) in [6.45, 7) is 11.5. The van der Waals surface area contributed by atoms with E-state index in [1.54, 1.807) is 11.8 Å². The number of carbonyl (C=O) groups excluding carboxylic acids is 2. The van der Waals surface area contributed by atoms with Gasteiger partial charge in [0, 0.05) is 46.2 Å². The van der Waals surface area contributed by atoms with Crippen LogP contribution in [-0.2, 0) is 22.7 Å². The van der Waals surface area contributed by atoms with Crippen LogP contribution in [0.5, 0.6) is 0 Å². The van der Waals surface area contributed by atoms with Crippen molar-refractivity contribution < 1.29 is 9.59 Å². The monoisotopic (exact) mass is 385 g/mol. The molecule has 0 aliphatic carbocycles. The Hall–Kier alpha value is -1.88. The minimum Gasteiger partial charge on any atom is -0.352 e. The second-order valence-corrected chi connectivity index (χ2v) is 8.98. The van der Waals surface area contributed by atoms with Gasteiger partial charge in [0.15, 0.2) is 0 Å². The van der Waals surface area contributed by atoms with E-state index in [0.29, 0.717) is 13.1 Å². The maximum atomic E-state index is 12.5. The molecule has 0 aromatic heterocycles. The van der Waals surface area contributed by atoms with E-state index < -0.39 is 0 Å². The minimum absolute atomic E-state index is 0.0607. The number of rotatable bonds is 5. The SMILES string of the molecule is CC(=O)N1CCC[C@H](C(=O)NCc2ccc(CN3C[C@@H](C)C[C@H](C)C3)cc2)C1. The van der Waals surface area contributed by atoms with Crippen LogP contribution in [0.2, 0.25) is 0 Å². The highest BCUT2D eigenvalue weighted by Crippen LogP contribution is 2.22. The maximum Gasteiger partial charge on any atom is 0.225 e. The normalized spacial score (nSPS) is 26.1. The Morgan fingerprint density at radius 1 is 1.04 bits per heavy atom. The number of likely N-dealkylation sites (tertiary alicyclic amines) is 2. The molecule has 2 aliphatic rings. The lowest BCUT2D eigenvalue weighted by Gasteiger charge is -2.35. The van der Waals surface area contributed by atoms with Crippen molar-refractivity contribution in [2.45, 2.75) is 53.1 Å². The Bertz CT molecular complexity index is 663. The molecule has 0 spiro atoms. The first-order valence-corrected chi connectivity index (χ1v) is 10.7. The van der Waals surface area contributed by atoms with Crippen LogP contribution in [0.1, 0.15) is 51.2 Å². The van der Waals surface area contributed by atoms with Gasteiger partial charge in [0.25, 0.3) is 0 Å². The first-order chi connectivity index (χ1) is 13.4. The summed E-state index contributed by atoms with van der Waals surface area (Å²) in [5.74, 6) is 1.59. The molecule has 154 valence electrons. The molecule has 1 N–H and O–H groups in total. The van der Waals surface area contributed by atoms with E-state index >= 15 is 0 Å². The molecule has 1 aromatic carbocycles. The lowest BCUT2D eigenvalue weighted by Crippen LogP contribution is -2.44. The van der Waals surface area contributed by atoms with Crippen LogP contribution in [-0.4, -0.2) is 47.8 Å². The van der Waals surface area contributed by atoms with Crippen molar-refractivity contribution in [3.8, 4) is 0 Å². The van der Waals surface area contributed by atoms with E-state index in [-0.39, 0.29) is 17.7 Å². The standard InChI is InChI=1S/C23H35N3O2/c1-17-11-18(2)14-25(13-17)15-21-8-6-20(7-9-21)12-24-23(28)22-5-4-10-26(16-22)19(3)27/h6-9,17-18,22H,4-5,10-16H2,1-3H3,(H,24,28)/t17-,18-,22-/m0/s1. The molecule has 3 rings (SSSR count). The number of benzene rings is 1. The fraction of sp³-hybridized carbons (Fsp3) is 0.652. The molecule has 5 heteroatoms. The molecule has 3 atom stereocenters. The largest absolute Gasteiger partial charge is 0.352 e. The fourth-order valence-electron chi connectivity index (χ4n) is 4.75. The predicted octanol–water partition coefficient (Wildman–Crippen LogP) is 3.04. The quantitative estimate of drug-likeness (QED) is 0.848. The average Bonchev–Trinajstić information content (AvgIpc) is 2.66. The van der Waals surface area contributed by atoms with E-state index in [0.717, 1.165) is 43.3 Å². The Kier molecular flexibility index (Phi) is 7.11. The van der Waals surface area contributed by atoms with Crippen LogP contribution in [0.3, 0.4) is 0 Å². The Morgan fingerprint density at radius 3 is 2.32 bits per heavy atom. The molecule has 1 aromatic rings. The minimum atomic E-state index is -0.0833. The second-order valence-electron chi connectivity index (χ2n) is 8.98. The van der Waals surface area contributed by atoms with Crippen molar-refractivity contribution in [2.75, 3.05) is 26.2 Å². The Labute approximate surface area is 169 Å². The fourth-order valence-corrected chi connectivity index (χ4v) is 4.75. The van der Waals surface area contributed by atoms with E-state index in [9.17, 15) is 9.59 Å². The third-order valence-corrected chi connectivity index (χ3v) is 6.08. The first kappa shape index (κ1) is 20.8. The summed E-state index contributed by atoms with van der Waals surface area (Å²) >= 11 is 0. The molecule has 28 heavy (non-hydrogen) atoms. The topological polar surface area (TPSA) is 52.7 Å². The highest BCUT2D eigenvalue weighted by Gasteiger charge is 2.26. The molecule has 2 fully saturated rings. The van der Waals surface area contributed by atoms with Crippen molar-refractivity contribution in [3.05, 3.63) is 35.4 Å². The van der Waals surface area contributed by atoms with Crippen molar-refractivity contribution in [1.29, 1.82) is 0 Å². The highest BCUT2D eigenvalue weighted by atomic mass is 16.2. The van der Waals surface area contributed by atoms with Gasteiger partial charge in [-0.05, 0) is 42.2 Å². The van der Waals surface area contributed by atoms with Crippen molar-refractivity contribution in [1.82, 2.24) is 15.1 Å². The summed E-state index contributed by atoms with van der Waals surface area (Å²) < 4.78 is 0. The van der Waals surface area contributed by atoms with Gasteiger partial charge < -0.3 is 10.2 Å². The van der Waals surface area contributed by atoms with E-state index in [2.05, 4.69) is 48.3 Å². The molecule has 2 heterocycles. The average molecular weight is 386 g/mol. The van der Waals surface area contributed by atoms with Crippen LogP contribution >= 0.6 is 0 Å². The lowest BCUT2D eigenvalue weighted by molar-refractivity contribution is -0.134. The molecule has 2 saturated heterocycles. The number of carbonyl (C=O) groups is 2. The van der Waals surface area contributed by atoms with Gasteiger partial charge in [0.1, 0.15) is 0 Å². The predicted molar refractivity (Wildman–Crippen MR) is 111 cm³/mol. The van der Waals surface area contributed by atoms with Gasteiger partial charge in [-0.15, -0.1) is 0 Å². The second kappa shape index (κ2) is 9.55. The van der Waals surface area contributed by atoms with Gasteiger partial charge in [-0.2, -0.15) is 0 Å². The van der Waals surface area contributed by atoms with Gasteiger partial charge >= 0.3 is 0 Å². The number of piperidine rings is 2. The molecular formula is C23H35N3O2. The summed E-state index contributed by atoms with van der Waals surface area (Å²) in [6.07, 6.45) is 3.10. The number of amides is 2. The summed E-state index contributed by atoms with van der Waals surface area (Å²) in [6, 6.07) is 8.61. The number of nitrogens with one attached hydrogen (secondary N) is 1. The first-order valence-electron chi connectivity index (χ1n) is 10.7.